The third-order valence-corrected chi connectivity index (χ3v) is 5.74. The van der Waals surface area contributed by atoms with Crippen molar-refractivity contribution in [1.29, 1.82) is 0 Å². The van der Waals surface area contributed by atoms with Gasteiger partial charge in [-0.05, 0) is 24.5 Å². The third-order valence-electron chi connectivity index (χ3n) is 5.74. The fraction of sp³-hybridized carbons (Fsp3) is 0.360. The summed E-state index contributed by atoms with van der Waals surface area (Å²) in [5, 5.41) is 4.00. The Hall–Kier alpha value is -3.68. The molecule has 1 aliphatic heterocycles. The van der Waals surface area contributed by atoms with Crippen LogP contribution in [0.3, 0.4) is 0 Å². The van der Waals surface area contributed by atoms with Gasteiger partial charge in [0.2, 0.25) is 11.8 Å². The Bertz CT molecular complexity index is 1050. The molecule has 4 rings (SSSR count). The Balaban J connectivity index is 1.28. The molecule has 8 heteroatoms. The molecule has 3 aromatic rings. The first-order valence-electron chi connectivity index (χ1n) is 11.2. The van der Waals surface area contributed by atoms with Crippen LogP contribution in [0.4, 0.5) is 4.79 Å². The van der Waals surface area contributed by atoms with Gasteiger partial charge in [-0.3, -0.25) is 4.79 Å². The molecule has 1 aromatic heterocycles. The molecular formula is C25H28N4O4. The van der Waals surface area contributed by atoms with E-state index >= 15 is 0 Å². The first-order chi connectivity index (χ1) is 16.1. The molecule has 0 N–H and O–H groups in total. The van der Waals surface area contributed by atoms with E-state index in [-0.39, 0.29) is 30.9 Å². The topological polar surface area (TPSA) is 88.8 Å². The summed E-state index contributed by atoms with van der Waals surface area (Å²) < 4.78 is 10.8. The van der Waals surface area contributed by atoms with Crippen LogP contribution in [0, 0.1) is 0 Å². The van der Waals surface area contributed by atoms with Gasteiger partial charge in [0, 0.05) is 26.2 Å². The van der Waals surface area contributed by atoms with E-state index in [4.69, 9.17) is 9.26 Å². The van der Waals surface area contributed by atoms with Gasteiger partial charge >= 0.3 is 6.09 Å². The van der Waals surface area contributed by atoms with E-state index in [0.717, 1.165) is 11.1 Å². The van der Waals surface area contributed by atoms with Crippen LogP contribution in [-0.4, -0.2) is 51.6 Å². The molecule has 0 aliphatic carbocycles. The van der Waals surface area contributed by atoms with Crippen LogP contribution in [0.5, 0.6) is 0 Å². The second kappa shape index (κ2) is 10.8. The Morgan fingerprint density at radius 1 is 1.09 bits per heavy atom. The van der Waals surface area contributed by atoms with Gasteiger partial charge in [-0.25, -0.2) is 4.79 Å². The number of likely N-dealkylation sites (tertiary alicyclic amines) is 1. The van der Waals surface area contributed by atoms with Gasteiger partial charge in [0.1, 0.15) is 6.61 Å². The van der Waals surface area contributed by atoms with Crippen LogP contribution in [-0.2, 0) is 29.1 Å². The van der Waals surface area contributed by atoms with Crippen LogP contribution in [0.15, 0.2) is 65.2 Å². The molecule has 0 saturated carbocycles. The van der Waals surface area contributed by atoms with Gasteiger partial charge in [0.05, 0.1) is 12.3 Å². The molecule has 172 valence electrons. The zero-order valence-electron chi connectivity index (χ0n) is 18.7. The fourth-order valence-corrected chi connectivity index (χ4v) is 3.87. The number of nitrogens with zero attached hydrogens (tertiary/aromatic N) is 4. The maximum absolute atomic E-state index is 12.7. The maximum atomic E-state index is 12.7. The smallest absolute Gasteiger partial charge is 0.410 e. The quantitative estimate of drug-likeness (QED) is 0.521. The number of hydrogen-bond donors (Lipinski definition) is 0. The van der Waals surface area contributed by atoms with Crippen LogP contribution in [0.25, 0.3) is 0 Å². The lowest BCUT2D eigenvalue weighted by Gasteiger charge is -2.20. The standard InChI is InChI=1S/C25H28N4O4/c1-2-28(16-19-9-5-3-6-10-19)23(30)15-22-26-24(33-27-22)21-13-14-29(17-21)25(31)32-18-20-11-7-4-8-12-20/h3-12,21H,2,13-18H2,1H3. The number of benzene rings is 2. The molecule has 2 amide bonds. The average molecular weight is 449 g/mol. The van der Waals surface area contributed by atoms with Crippen molar-refractivity contribution in [3.05, 3.63) is 83.5 Å². The van der Waals surface area contributed by atoms with E-state index in [2.05, 4.69) is 10.1 Å². The average Bonchev–Trinajstić information content (AvgIpc) is 3.52. The maximum Gasteiger partial charge on any atom is 0.410 e. The number of amides is 2. The summed E-state index contributed by atoms with van der Waals surface area (Å²) in [6.45, 7) is 4.36. The predicted molar refractivity (Wildman–Crippen MR) is 121 cm³/mol. The summed E-state index contributed by atoms with van der Waals surface area (Å²) in [6.07, 6.45) is 0.445. The molecule has 2 aromatic carbocycles. The number of carbonyl (C=O) groups excluding carboxylic acids is 2. The predicted octanol–water partition coefficient (Wildman–Crippen LogP) is 3.79. The fourth-order valence-electron chi connectivity index (χ4n) is 3.87. The Morgan fingerprint density at radius 3 is 2.48 bits per heavy atom. The van der Waals surface area contributed by atoms with Crippen LogP contribution < -0.4 is 0 Å². The van der Waals surface area contributed by atoms with Crippen LogP contribution in [0.1, 0.15) is 42.1 Å². The highest BCUT2D eigenvalue weighted by Gasteiger charge is 2.32. The van der Waals surface area contributed by atoms with Crippen LogP contribution >= 0.6 is 0 Å². The highest BCUT2D eigenvalue weighted by atomic mass is 16.6. The van der Waals surface area contributed by atoms with Gasteiger partial charge < -0.3 is 19.1 Å². The molecule has 0 spiro atoms. The molecule has 0 bridgehead atoms. The normalized spacial score (nSPS) is 15.4. The van der Waals surface area contributed by atoms with Gasteiger partial charge in [0.25, 0.3) is 0 Å². The molecule has 8 nitrogen and oxygen atoms in total. The molecular weight excluding hydrogens is 420 g/mol. The molecule has 1 aliphatic rings. The highest BCUT2D eigenvalue weighted by molar-refractivity contribution is 5.77. The van der Waals surface area contributed by atoms with Crippen molar-refractivity contribution in [2.75, 3.05) is 19.6 Å². The van der Waals surface area contributed by atoms with E-state index in [1.54, 1.807) is 9.80 Å². The first kappa shape index (κ1) is 22.5. The summed E-state index contributed by atoms with van der Waals surface area (Å²) in [5.41, 5.74) is 2.02. The molecule has 1 saturated heterocycles. The molecule has 1 unspecified atom stereocenters. The minimum atomic E-state index is -0.351. The highest BCUT2D eigenvalue weighted by Crippen LogP contribution is 2.26. The second-order valence-electron chi connectivity index (χ2n) is 8.09. The van der Waals surface area contributed by atoms with E-state index in [0.29, 0.717) is 44.3 Å². The van der Waals surface area contributed by atoms with Crippen molar-refractivity contribution < 1.29 is 18.8 Å². The second-order valence-corrected chi connectivity index (χ2v) is 8.09. The van der Waals surface area contributed by atoms with Crippen molar-refractivity contribution in [3.63, 3.8) is 0 Å². The molecule has 0 radical (unpaired) electrons. The minimum Gasteiger partial charge on any atom is -0.445 e. The Morgan fingerprint density at radius 2 is 1.79 bits per heavy atom. The van der Waals surface area contributed by atoms with Crippen LogP contribution in [0.2, 0.25) is 0 Å². The summed E-state index contributed by atoms with van der Waals surface area (Å²) in [4.78, 5) is 33.0. The lowest BCUT2D eigenvalue weighted by molar-refractivity contribution is -0.131. The van der Waals surface area contributed by atoms with Gasteiger partial charge in [-0.2, -0.15) is 4.98 Å². The Labute approximate surface area is 193 Å². The van der Waals surface area contributed by atoms with Gasteiger partial charge in [-0.1, -0.05) is 65.8 Å². The van der Waals surface area contributed by atoms with Crippen molar-refractivity contribution in [1.82, 2.24) is 19.9 Å². The van der Waals surface area contributed by atoms with Crippen molar-refractivity contribution in [2.45, 2.75) is 38.8 Å². The number of carbonyl (C=O) groups is 2. The molecule has 1 fully saturated rings. The number of rotatable bonds is 8. The monoisotopic (exact) mass is 448 g/mol. The summed E-state index contributed by atoms with van der Waals surface area (Å²) in [7, 11) is 0. The minimum absolute atomic E-state index is 0.0498. The first-order valence-corrected chi connectivity index (χ1v) is 11.2. The summed E-state index contributed by atoms with van der Waals surface area (Å²) in [5.74, 6) is 0.720. The number of aromatic nitrogens is 2. The van der Waals surface area contributed by atoms with Crippen molar-refractivity contribution >= 4 is 12.0 Å². The van der Waals surface area contributed by atoms with E-state index in [1.165, 1.54) is 0 Å². The van der Waals surface area contributed by atoms with Gasteiger partial charge in [0.15, 0.2) is 5.82 Å². The summed E-state index contributed by atoms with van der Waals surface area (Å²) >= 11 is 0. The van der Waals surface area contributed by atoms with Crippen molar-refractivity contribution in [2.24, 2.45) is 0 Å². The summed E-state index contributed by atoms with van der Waals surface area (Å²) in [6, 6.07) is 19.5. The molecule has 1 atom stereocenters. The number of hydrogen-bond acceptors (Lipinski definition) is 6. The van der Waals surface area contributed by atoms with E-state index in [1.807, 2.05) is 67.6 Å². The lowest BCUT2D eigenvalue weighted by Crippen LogP contribution is -2.31. The number of ether oxygens (including phenoxy) is 1. The largest absolute Gasteiger partial charge is 0.445 e. The molecule has 2 heterocycles. The lowest BCUT2D eigenvalue weighted by atomic mass is 10.1. The molecule has 33 heavy (non-hydrogen) atoms. The van der Waals surface area contributed by atoms with E-state index < -0.39 is 0 Å². The Kier molecular flexibility index (Phi) is 7.34. The zero-order valence-corrected chi connectivity index (χ0v) is 18.7. The van der Waals surface area contributed by atoms with Crippen molar-refractivity contribution in [3.8, 4) is 0 Å². The number of likely N-dealkylation sites (N-methyl/N-ethyl adjacent to an activating group) is 1. The third kappa shape index (κ3) is 5.97. The van der Waals surface area contributed by atoms with Gasteiger partial charge in [-0.15, -0.1) is 0 Å². The SMILES string of the molecule is CCN(Cc1ccccc1)C(=O)Cc1noc(C2CCN(C(=O)OCc3ccccc3)C2)n1. The zero-order chi connectivity index (χ0) is 23.0. The van der Waals surface area contributed by atoms with E-state index in [9.17, 15) is 9.59 Å².